The molecule has 3 aromatic carbocycles. The third kappa shape index (κ3) is 3.94. The Kier molecular flexibility index (Phi) is 4.65. The van der Waals surface area contributed by atoms with E-state index in [2.05, 4.69) is 0 Å². The summed E-state index contributed by atoms with van der Waals surface area (Å²) in [6.07, 6.45) is -4.43. The molecular formula is C20H16F3NO. The predicted octanol–water partition coefficient (Wildman–Crippen LogP) is 5.53. The average molecular weight is 343 g/mol. The van der Waals surface area contributed by atoms with Crippen molar-refractivity contribution < 1.29 is 17.9 Å². The Hall–Kier alpha value is -2.95. The molecule has 0 amide bonds. The van der Waals surface area contributed by atoms with Crippen LogP contribution in [0.15, 0.2) is 72.8 Å². The van der Waals surface area contributed by atoms with Gasteiger partial charge in [-0.25, -0.2) is 0 Å². The van der Waals surface area contributed by atoms with Crippen molar-refractivity contribution >= 4 is 5.69 Å². The van der Waals surface area contributed by atoms with E-state index in [1.807, 2.05) is 30.3 Å². The van der Waals surface area contributed by atoms with Gasteiger partial charge in [0.1, 0.15) is 12.4 Å². The summed E-state index contributed by atoms with van der Waals surface area (Å²) in [5.74, 6) is 0.360. The summed E-state index contributed by atoms with van der Waals surface area (Å²) >= 11 is 0. The number of halogens is 3. The number of nitrogens with two attached hydrogens (primary N) is 1. The van der Waals surface area contributed by atoms with E-state index in [9.17, 15) is 13.2 Å². The highest BCUT2D eigenvalue weighted by Gasteiger charge is 2.33. The van der Waals surface area contributed by atoms with Gasteiger partial charge in [0, 0.05) is 0 Å². The van der Waals surface area contributed by atoms with E-state index in [4.69, 9.17) is 10.5 Å². The van der Waals surface area contributed by atoms with Gasteiger partial charge in [0.15, 0.2) is 0 Å². The van der Waals surface area contributed by atoms with Crippen LogP contribution < -0.4 is 10.5 Å². The first-order chi connectivity index (χ1) is 11.9. The summed E-state index contributed by atoms with van der Waals surface area (Å²) in [5, 5.41) is 0. The molecule has 5 heteroatoms. The van der Waals surface area contributed by atoms with Gasteiger partial charge < -0.3 is 10.5 Å². The van der Waals surface area contributed by atoms with E-state index < -0.39 is 11.7 Å². The molecule has 0 aliphatic carbocycles. The van der Waals surface area contributed by atoms with Gasteiger partial charge in [-0.3, -0.25) is 0 Å². The van der Waals surface area contributed by atoms with Crippen LogP contribution in [0.1, 0.15) is 11.1 Å². The van der Waals surface area contributed by atoms with Crippen LogP contribution in [-0.2, 0) is 12.8 Å². The molecule has 0 aromatic heterocycles. The molecule has 0 unspecified atom stereocenters. The van der Waals surface area contributed by atoms with E-state index in [-0.39, 0.29) is 12.2 Å². The predicted molar refractivity (Wildman–Crippen MR) is 92.1 cm³/mol. The van der Waals surface area contributed by atoms with Crippen LogP contribution in [0.2, 0.25) is 0 Å². The SMILES string of the molecule is Nc1ccc(-c2ccccc2C(F)(F)F)cc1OCc1ccccc1. The zero-order valence-corrected chi connectivity index (χ0v) is 13.3. The van der Waals surface area contributed by atoms with Crippen LogP contribution in [-0.4, -0.2) is 0 Å². The molecule has 0 aliphatic heterocycles. The minimum Gasteiger partial charge on any atom is -0.487 e. The number of ether oxygens (including phenoxy) is 1. The van der Waals surface area contributed by atoms with Gasteiger partial charge >= 0.3 is 6.18 Å². The van der Waals surface area contributed by atoms with Crippen molar-refractivity contribution in [3.63, 3.8) is 0 Å². The van der Waals surface area contributed by atoms with Gasteiger partial charge in [-0.15, -0.1) is 0 Å². The Morgan fingerprint density at radius 1 is 0.840 bits per heavy atom. The standard InChI is InChI=1S/C20H16F3NO/c21-20(22,23)17-9-5-4-8-16(17)15-10-11-18(24)19(12-15)25-13-14-6-2-1-3-7-14/h1-12H,13,24H2. The number of rotatable bonds is 4. The lowest BCUT2D eigenvalue weighted by Gasteiger charge is -2.15. The van der Waals surface area contributed by atoms with Gasteiger partial charge in [-0.1, -0.05) is 54.6 Å². The maximum absolute atomic E-state index is 13.2. The molecule has 3 aromatic rings. The van der Waals surface area contributed by atoms with E-state index in [1.54, 1.807) is 24.3 Å². The van der Waals surface area contributed by atoms with Gasteiger partial charge in [0.05, 0.1) is 11.3 Å². The second-order valence-electron chi connectivity index (χ2n) is 5.57. The molecule has 0 bridgehead atoms. The van der Waals surface area contributed by atoms with E-state index >= 15 is 0 Å². The lowest BCUT2D eigenvalue weighted by molar-refractivity contribution is -0.137. The summed E-state index contributed by atoms with van der Waals surface area (Å²) in [6, 6.07) is 19.6. The number of benzene rings is 3. The molecule has 0 saturated heterocycles. The van der Waals surface area contributed by atoms with Crippen molar-refractivity contribution in [1.82, 2.24) is 0 Å². The number of nitrogen functional groups attached to an aromatic ring is 1. The highest BCUT2D eigenvalue weighted by Crippen LogP contribution is 2.38. The van der Waals surface area contributed by atoms with E-state index in [0.29, 0.717) is 17.0 Å². The summed E-state index contributed by atoms with van der Waals surface area (Å²) < 4.78 is 45.4. The van der Waals surface area contributed by atoms with Crippen molar-refractivity contribution in [3.8, 4) is 16.9 Å². The van der Waals surface area contributed by atoms with Gasteiger partial charge in [0.2, 0.25) is 0 Å². The Balaban J connectivity index is 1.92. The fourth-order valence-electron chi connectivity index (χ4n) is 2.54. The fraction of sp³-hybridized carbons (Fsp3) is 0.100. The van der Waals surface area contributed by atoms with Crippen LogP contribution in [0.4, 0.5) is 18.9 Å². The zero-order valence-electron chi connectivity index (χ0n) is 13.3. The molecule has 0 heterocycles. The summed E-state index contributed by atoms with van der Waals surface area (Å²) in [7, 11) is 0. The molecular weight excluding hydrogens is 327 g/mol. The maximum atomic E-state index is 13.2. The number of hydrogen-bond donors (Lipinski definition) is 1. The molecule has 0 atom stereocenters. The third-order valence-electron chi connectivity index (χ3n) is 3.79. The largest absolute Gasteiger partial charge is 0.487 e. The minimum atomic E-state index is -4.43. The summed E-state index contributed by atoms with van der Waals surface area (Å²) in [4.78, 5) is 0. The monoisotopic (exact) mass is 343 g/mol. The summed E-state index contributed by atoms with van der Waals surface area (Å²) in [6.45, 7) is 0.287. The topological polar surface area (TPSA) is 35.2 Å². The molecule has 2 N–H and O–H groups in total. The van der Waals surface area contributed by atoms with Crippen LogP contribution in [0.5, 0.6) is 5.75 Å². The lowest BCUT2D eigenvalue weighted by atomic mass is 9.99. The fourth-order valence-corrected chi connectivity index (χ4v) is 2.54. The normalized spacial score (nSPS) is 11.3. The minimum absolute atomic E-state index is 0.0968. The Morgan fingerprint density at radius 3 is 2.24 bits per heavy atom. The van der Waals surface area contributed by atoms with Crippen LogP contribution >= 0.6 is 0 Å². The van der Waals surface area contributed by atoms with Crippen molar-refractivity contribution in [2.75, 3.05) is 5.73 Å². The van der Waals surface area contributed by atoms with Gasteiger partial charge in [-0.05, 0) is 34.9 Å². The number of anilines is 1. The Morgan fingerprint density at radius 2 is 1.52 bits per heavy atom. The van der Waals surface area contributed by atoms with E-state index in [1.165, 1.54) is 12.1 Å². The Bertz CT molecular complexity index is 860. The molecule has 3 rings (SSSR count). The highest BCUT2D eigenvalue weighted by molar-refractivity contribution is 5.72. The molecule has 0 aliphatic rings. The second-order valence-corrected chi connectivity index (χ2v) is 5.57. The molecule has 0 radical (unpaired) electrons. The molecule has 25 heavy (non-hydrogen) atoms. The van der Waals surface area contributed by atoms with Crippen LogP contribution in [0, 0.1) is 0 Å². The third-order valence-corrected chi connectivity index (χ3v) is 3.79. The van der Waals surface area contributed by atoms with Crippen LogP contribution in [0.3, 0.4) is 0 Å². The summed E-state index contributed by atoms with van der Waals surface area (Å²) in [5.41, 5.74) is 7.05. The molecule has 0 spiro atoms. The molecule has 0 fully saturated rings. The van der Waals surface area contributed by atoms with Gasteiger partial charge in [0.25, 0.3) is 0 Å². The first kappa shape index (κ1) is 16.9. The number of hydrogen-bond acceptors (Lipinski definition) is 2. The van der Waals surface area contributed by atoms with Gasteiger partial charge in [-0.2, -0.15) is 13.2 Å². The van der Waals surface area contributed by atoms with E-state index in [0.717, 1.165) is 11.6 Å². The van der Waals surface area contributed by atoms with Crippen LogP contribution in [0.25, 0.3) is 11.1 Å². The lowest BCUT2D eigenvalue weighted by Crippen LogP contribution is -2.07. The van der Waals surface area contributed by atoms with Crippen molar-refractivity contribution in [1.29, 1.82) is 0 Å². The quantitative estimate of drug-likeness (QED) is 0.632. The highest BCUT2D eigenvalue weighted by atomic mass is 19.4. The van der Waals surface area contributed by atoms with Crippen molar-refractivity contribution in [3.05, 3.63) is 83.9 Å². The number of alkyl halides is 3. The first-order valence-electron chi connectivity index (χ1n) is 7.68. The average Bonchev–Trinajstić information content (AvgIpc) is 2.61. The maximum Gasteiger partial charge on any atom is 0.417 e. The molecule has 0 saturated carbocycles. The first-order valence-corrected chi connectivity index (χ1v) is 7.68. The zero-order chi connectivity index (χ0) is 17.9. The Labute approximate surface area is 143 Å². The second kappa shape index (κ2) is 6.89. The van der Waals surface area contributed by atoms with Crippen molar-refractivity contribution in [2.24, 2.45) is 0 Å². The molecule has 2 nitrogen and oxygen atoms in total. The molecule has 128 valence electrons. The van der Waals surface area contributed by atoms with Crippen molar-refractivity contribution in [2.45, 2.75) is 12.8 Å². The smallest absolute Gasteiger partial charge is 0.417 e.